The van der Waals surface area contributed by atoms with Gasteiger partial charge in [-0.1, -0.05) is 13.8 Å². The number of nitrogens with zero attached hydrogens (tertiary/aromatic N) is 2. The van der Waals surface area contributed by atoms with Gasteiger partial charge in [-0.25, -0.2) is 0 Å². The van der Waals surface area contributed by atoms with Crippen molar-refractivity contribution in [2.75, 3.05) is 6.79 Å². The summed E-state index contributed by atoms with van der Waals surface area (Å²) >= 11 is 0. The highest BCUT2D eigenvalue weighted by Crippen LogP contribution is 2.35. The van der Waals surface area contributed by atoms with Crippen molar-refractivity contribution in [2.24, 2.45) is 5.92 Å². The van der Waals surface area contributed by atoms with Crippen LogP contribution in [-0.4, -0.2) is 22.5 Å². The Bertz CT molecular complexity index is 780. The molecular weight excluding hydrogens is 320 g/mol. The fourth-order valence-corrected chi connectivity index (χ4v) is 2.97. The van der Waals surface area contributed by atoms with Crippen LogP contribution < -0.4 is 14.2 Å². The molecule has 0 saturated heterocycles. The molecule has 134 valence electrons. The molecule has 0 radical (unpaired) electrons. The maximum atomic E-state index is 12.2. The Hall–Kier alpha value is -2.50. The van der Waals surface area contributed by atoms with Crippen LogP contribution in [0.2, 0.25) is 0 Å². The first-order chi connectivity index (χ1) is 11.9. The van der Waals surface area contributed by atoms with E-state index in [1.165, 1.54) is 0 Å². The first kappa shape index (κ1) is 17.3. The third kappa shape index (κ3) is 3.95. The van der Waals surface area contributed by atoms with Crippen molar-refractivity contribution in [3.8, 4) is 17.2 Å². The van der Waals surface area contributed by atoms with Gasteiger partial charge in [-0.3, -0.25) is 9.48 Å². The van der Waals surface area contributed by atoms with Crippen LogP contribution in [-0.2, 0) is 17.8 Å². The van der Waals surface area contributed by atoms with E-state index in [1.54, 1.807) is 18.2 Å². The lowest BCUT2D eigenvalue weighted by atomic mass is 10.1. The Labute approximate surface area is 147 Å². The number of carbonyl (C=O) groups is 1. The number of ether oxygens (including phenoxy) is 3. The van der Waals surface area contributed by atoms with Gasteiger partial charge in [-0.05, 0) is 43.9 Å². The third-order valence-electron chi connectivity index (χ3n) is 4.22. The molecule has 2 aromatic rings. The molecule has 25 heavy (non-hydrogen) atoms. The van der Waals surface area contributed by atoms with Crippen LogP contribution in [0.3, 0.4) is 0 Å². The fraction of sp³-hybridized carbons (Fsp3) is 0.474. The molecule has 1 aromatic heterocycles. The van der Waals surface area contributed by atoms with Crippen molar-refractivity contribution in [1.29, 1.82) is 0 Å². The van der Waals surface area contributed by atoms with E-state index in [0.29, 0.717) is 36.0 Å². The number of esters is 1. The second-order valence-corrected chi connectivity index (χ2v) is 6.71. The lowest BCUT2D eigenvalue weighted by Crippen LogP contribution is -2.10. The minimum Gasteiger partial charge on any atom is -0.454 e. The van der Waals surface area contributed by atoms with Crippen LogP contribution in [0.25, 0.3) is 0 Å². The fourth-order valence-electron chi connectivity index (χ4n) is 2.97. The number of hydrogen-bond donors (Lipinski definition) is 0. The van der Waals surface area contributed by atoms with Gasteiger partial charge in [-0.2, -0.15) is 5.10 Å². The van der Waals surface area contributed by atoms with E-state index in [2.05, 4.69) is 25.9 Å². The molecule has 1 aliphatic heterocycles. The van der Waals surface area contributed by atoms with Gasteiger partial charge in [-0.15, -0.1) is 0 Å². The standard InChI is InChI=1S/C19H24N2O4/c1-12(2)10-21-14(4)16(13(3)20-21)6-8-19(22)25-15-5-7-17-18(9-15)24-11-23-17/h5,7,9,12H,6,8,10-11H2,1-4H3. The van der Waals surface area contributed by atoms with Crippen LogP contribution in [0.1, 0.15) is 37.2 Å². The molecule has 0 amide bonds. The molecule has 6 nitrogen and oxygen atoms in total. The number of aromatic nitrogens is 2. The van der Waals surface area contributed by atoms with Crippen LogP contribution in [0.15, 0.2) is 18.2 Å². The molecule has 0 fully saturated rings. The molecule has 0 aliphatic carbocycles. The van der Waals surface area contributed by atoms with E-state index in [-0.39, 0.29) is 12.8 Å². The highest BCUT2D eigenvalue weighted by atomic mass is 16.7. The second kappa shape index (κ2) is 7.17. The molecule has 2 heterocycles. The van der Waals surface area contributed by atoms with E-state index >= 15 is 0 Å². The van der Waals surface area contributed by atoms with Crippen LogP contribution >= 0.6 is 0 Å². The van der Waals surface area contributed by atoms with Gasteiger partial charge in [0.25, 0.3) is 0 Å². The lowest BCUT2D eigenvalue weighted by Gasteiger charge is -2.08. The maximum absolute atomic E-state index is 12.2. The number of benzene rings is 1. The number of aryl methyl sites for hydroxylation is 1. The third-order valence-corrected chi connectivity index (χ3v) is 4.22. The molecule has 0 spiro atoms. The molecule has 6 heteroatoms. The van der Waals surface area contributed by atoms with E-state index in [4.69, 9.17) is 14.2 Å². The quantitative estimate of drug-likeness (QED) is 0.593. The maximum Gasteiger partial charge on any atom is 0.311 e. The van der Waals surface area contributed by atoms with Gasteiger partial charge in [0.1, 0.15) is 5.75 Å². The average molecular weight is 344 g/mol. The van der Waals surface area contributed by atoms with Crippen molar-refractivity contribution >= 4 is 5.97 Å². The summed E-state index contributed by atoms with van der Waals surface area (Å²) in [5.74, 6) is 2.00. The Morgan fingerprint density at radius 2 is 2.04 bits per heavy atom. The minimum atomic E-state index is -0.269. The summed E-state index contributed by atoms with van der Waals surface area (Å²) in [7, 11) is 0. The van der Waals surface area contributed by atoms with Crippen molar-refractivity contribution in [3.05, 3.63) is 35.2 Å². The lowest BCUT2D eigenvalue weighted by molar-refractivity contribution is -0.134. The highest BCUT2D eigenvalue weighted by Gasteiger charge is 2.17. The Kier molecular flexibility index (Phi) is 4.97. The summed E-state index contributed by atoms with van der Waals surface area (Å²) in [6.07, 6.45) is 0.933. The zero-order valence-corrected chi connectivity index (χ0v) is 15.2. The Morgan fingerprint density at radius 3 is 2.80 bits per heavy atom. The van der Waals surface area contributed by atoms with Gasteiger partial charge >= 0.3 is 5.97 Å². The number of carbonyl (C=O) groups excluding carboxylic acids is 1. The highest BCUT2D eigenvalue weighted by molar-refractivity contribution is 5.73. The molecule has 0 unspecified atom stereocenters. The molecule has 3 rings (SSSR count). The smallest absolute Gasteiger partial charge is 0.311 e. The van der Waals surface area contributed by atoms with Gasteiger partial charge < -0.3 is 14.2 Å². The van der Waals surface area contributed by atoms with Gasteiger partial charge in [0.15, 0.2) is 11.5 Å². The number of hydrogen-bond acceptors (Lipinski definition) is 5. The zero-order valence-electron chi connectivity index (χ0n) is 15.2. The topological polar surface area (TPSA) is 62.6 Å². The summed E-state index contributed by atoms with van der Waals surface area (Å²) < 4.78 is 18.0. The molecule has 0 bridgehead atoms. The van der Waals surface area contributed by atoms with Crippen molar-refractivity contribution in [3.63, 3.8) is 0 Å². The van der Waals surface area contributed by atoms with E-state index in [9.17, 15) is 4.79 Å². The Balaban J connectivity index is 1.60. The molecule has 0 atom stereocenters. The summed E-state index contributed by atoms with van der Waals surface area (Å²) in [4.78, 5) is 12.2. The predicted octanol–water partition coefficient (Wildman–Crippen LogP) is 3.42. The van der Waals surface area contributed by atoms with Gasteiger partial charge in [0.05, 0.1) is 12.1 Å². The molecule has 1 aliphatic rings. The molecular formula is C19H24N2O4. The largest absolute Gasteiger partial charge is 0.454 e. The zero-order chi connectivity index (χ0) is 18.0. The summed E-state index contributed by atoms with van der Waals surface area (Å²) in [6, 6.07) is 5.13. The van der Waals surface area contributed by atoms with Crippen molar-refractivity contribution in [2.45, 2.75) is 47.1 Å². The molecule has 0 saturated carbocycles. The number of fused-ring (bicyclic) bond motifs is 1. The van der Waals surface area contributed by atoms with Crippen LogP contribution in [0, 0.1) is 19.8 Å². The molecule has 1 aromatic carbocycles. The normalized spacial score (nSPS) is 12.7. The van der Waals surface area contributed by atoms with Crippen LogP contribution in [0.4, 0.5) is 0 Å². The van der Waals surface area contributed by atoms with Crippen LogP contribution in [0.5, 0.6) is 17.2 Å². The van der Waals surface area contributed by atoms with Crippen molar-refractivity contribution in [1.82, 2.24) is 9.78 Å². The SMILES string of the molecule is Cc1nn(CC(C)C)c(C)c1CCC(=O)Oc1ccc2c(c1)OCO2. The number of rotatable bonds is 6. The average Bonchev–Trinajstić information content (AvgIpc) is 3.10. The first-order valence-corrected chi connectivity index (χ1v) is 8.57. The monoisotopic (exact) mass is 344 g/mol. The van der Waals surface area contributed by atoms with E-state index in [1.807, 2.05) is 11.6 Å². The molecule has 0 N–H and O–H groups in total. The minimum absolute atomic E-state index is 0.200. The first-order valence-electron chi connectivity index (χ1n) is 8.57. The van der Waals surface area contributed by atoms with E-state index < -0.39 is 0 Å². The van der Waals surface area contributed by atoms with Gasteiger partial charge in [0.2, 0.25) is 6.79 Å². The summed E-state index contributed by atoms with van der Waals surface area (Å²) in [5, 5.41) is 4.59. The Morgan fingerprint density at radius 1 is 1.28 bits per heavy atom. The van der Waals surface area contributed by atoms with E-state index in [0.717, 1.165) is 23.5 Å². The van der Waals surface area contributed by atoms with Gasteiger partial charge in [0, 0.05) is 18.3 Å². The predicted molar refractivity (Wildman–Crippen MR) is 93.1 cm³/mol. The summed E-state index contributed by atoms with van der Waals surface area (Å²) in [5.41, 5.74) is 3.24. The second-order valence-electron chi connectivity index (χ2n) is 6.71. The summed E-state index contributed by atoms with van der Waals surface area (Å²) in [6.45, 7) is 9.46. The van der Waals surface area contributed by atoms with Crippen molar-refractivity contribution < 1.29 is 19.0 Å².